The zero-order chi connectivity index (χ0) is 23.9. The third kappa shape index (κ3) is 4.08. The van der Waals surface area contributed by atoms with Crippen LogP contribution in [0.15, 0.2) is 60.2 Å². The first kappa shape index (κ1) is 21.9. The molecule has 0 saturated carbocycles. The standard InChI is InChI=1S/C25H23FN6O2S/c26-18-1-3-19(4-2-18)32-22-6-5-20(13-17(22)15-28-32)31-16-21(14-23(31)33)29-8-10-30(11-9-29)25(34)24-27-7-12-35-24/h1-7,12-13,15,21H,8-11,14,16H2. The molecular formula is C25H23FN6O2S. The summed E-state index contributed by atoms with van der Waals surface area (Å²) < 4.78 is 15.1. The number of halogens is 1. The van der Waals surface area contributed by atoms with E-state index < -0.39 is 0 Å². The second-order valence-corrected chi connectivity index (χ2v) is 9.70. The van der Waals surface area contributed by atoms with Crippen molar-refractivity contribution in [2.45, 2.75) is 12.5 Å². The number of aromatic nitrogens is 3. The van der Waals surface area contributed by atoms with Crippen LogP contribution in [0.2, 0.25) is 0 Å². The number of amides is 2. The molecule has 1 unspecified atom stereocenters. The summed E-state index contributed by atoms with van der Waals surface area (Å²) in [5, 5.41) is 7.71. The summed E-state index contributed by atoms with van der Waals surface area (Å²) in [5.74, 6) is -0.207. The van der Waals surface area contributed by atoms with Crippen LogP contribution in [0.5, 0.6) is 0 Å². The van der Waals surface area contributed by atoms with Crippen LogP contribution in [0, 0.1) is 5.82 Å². The zero-order valence-electron chi connectivity index (χ0n) is 18.9. The maximum Gasteiger partial charge on any atom is 0.282 e. The highest BCUT2D eigenvalue weighted by Crippen LogP contribution is 2.29. The van der Waals surface area contributed by atoms with Gasteiger partial charge < -0.3 is 9.80 Å². The number of fused-ring (bicyclic) bond motifs is 1. The van der Waals surface area contributed by atoms with E-state index in [2.05, 4.69) is 15.0 Å². The largest absolute Gasteiger partial charge is 0.334 e. The Morgan fingerprint density at radius 2 is 1.80 bits per heavy atom. The minimum absolute atomic E-state index is 0.0155. The Kier molecular flexibility index (Phi) is 5.54. The fourth-order valence-electron chi connectivity index (χ4n) is 4.91. The number of benzene rings is 2. The van der Waals surface area contributed by atoms with E-state index in [1.165, 1.54) is 23.5 Å². The Morgan fingerprint density at radius 3 is 2.54 bits per heavy atom. The molecule has 0 spiro atoms. The van der Waals surface area contributed by atoms with Crippen molar-refractivity contribution < 1.29 is 14.0 Å². The van der Waals surface area contributed by atoms with E-state index in [4.69, 9.17) is 0 Å². The molecule has 2 aliphatic rings. The first-order valence-electron chi connectivity index (χ1n) is 11.5. The number of hydrogen-bond donors (Lipinski definition) is 0. The first-order valence-corrected chi connectivity index (χ1v) is 12.4. The minimum Gasteiger partial charge on any atom is -0.334 e. The molecule has 6 rings (SSSR count). The SMILES string of the molecule is O=C(c1nccs1)N1CCN(C2CC(=O)N(c3ccc4c(cnn4-c4ccc(F)cc4)c3)C2)CC1. The van der Waals surface area contributed by atoms with Gasteiger partial charge in [0.2, 0.25) is 5.91 Å². The van der Waals surface area contributed by atoms with Gasteiger partial charge in [0.15, 0.2) is 5.01 Å². The van der Waals surface area contributed by atoms with Gasteiger partial charge in [0.1, 0.15) is 5.82 Å². The molecule has 0 N–H and O–H groups in total. The summed E-state index contributed by atoms with van der Waals surface area (Å²) in [6.45, 7) is 3.38. The monoisotopic (exact) mass is 490 g/mol. The van der Waals surface area contributed by atoms with Crippen LogP contribution in [0.4, 0.5) is 10.1 Å². The molecule has 35 heavy (non-hydrogen) atoms. The van der Waals surface area contributed by atoms with Crippen molar-refractivity contribution in [3.63, 3.8) is 0 Å². The average Bonchev–Trinajstić information content (AvgIpc) is 3.64. The highest BCUT2D eigenvalue weighted by molar-refractivity contribution is 7.11. The fraction of sp³-hybridized carbons (Fsp3) is 0.280. The van der Waals surface area contributed by atoms with Crippen LogP contribution in [-0.2, 0) is 4.79 Å². The van der Waals surface area contributed by atoms with Gasteiger partial charge in [-0.15, -0.1) is 11.3 Å². The summed E-state index contributed by atoms with van der Waals surface area (Å²) in [5.41, 5.74) is 2.52. The molecular weight excluding hydrogens is 467 g/mol. The van der Waals surface area contributed by atoms with Gasteiger partial charge in [-0.25, -0.2) is 14.1 Å². The Balaban J connectivity index is 1.14. The van der Waals surface area contributed by atoms with E-state index in [0.29, 0.717) is 31.1 Å². The van der Waals surface area contributed by atoms with Gasteiger partial charge in [-0.2, -0.15) is 5.10 Å². The van der Waals surface area contributed by atoms with E-state index in [1.54, 1.807) is 29.2 Å². The molecule has 4 heterocycles. The molecule has 178 valence electrons. The lowest BCUT2D eigenvalue weighted by Crippen LogP contribution is -2.52. The number of carbonyl (C=O) groups excluding carboxylic acids is 2. The van der Waals surface area contributed by atoms with Crippen molar-refractivity contribution in [1.82, 2.24) is 24.6 Å². The fourth-order valence-corrected chi connectivity index (χ4v) is 5.52. The third-order valence-corrected chi connectivity index (χ3v) is 7.53. The highest BCUT2D eigenvalue weighted by Gasteiger charge is 2.36. The van der Waals surface area contributed by atoms with Crippen molar-refractivity contribution in [2.24, 2.45) is 0 Å². The first-order chi connectivity index (χ1) is 17.1. The van der Waals surface area contributed by atoms with Crippen LogP contribution in [0.25, 0.3) is 16.6 Å². The molecule has 2 aliphatic heterocycles. The number of anilines is 1. The normalized spacial score (nSPS) is 19.1. The van der Waals surface area contributed by atoms with Crippen molar-refractivity contribution in [3.8, 4) is 5.69 Å². The Labute approximate surface area is 205 Å². The smallest absolute Gasteiger partial charge is 0.282 e. The van der Waals surface area contributed by atoms with Gasteiger partial charge in [0.05, 0.1) is 17.4 Å². The van der Waals surface area contributed by atoms with Crippen molar-refractivity contribution in [2.75, 3.05) is 37.6 Å². The molecule has 2 aromatic heterocycles. The van der Waals surface area contributed by atoms with E-state index in [1.807, 2.05) is 33.4 Å². The van der Waals surface area contributed by atoms with Crippen LogP contribution >= 0.6 is 11.3 Å². The predicted molar refractivity (Wildman–Crippen MR) is 131 cm³/mol. The van der Waals surface area contributed by atoms with E-state index in [9.17, 15) is 14.0 Å². The van der Waals surface area contributed by atoms with Gasteiger partial charge in [-0.05, 0) is 42.5 Å². The number of thiazole rings is 1. The molecule has 0 aliphatic carbocycles. The summed E-state index contributed by atoms with van der Waals surface area (Å²) in [4.78, 5) is 35.6. The number of piperazine rings is 1. The third-order valence-electron chi connectivity index (χ3n) is 6.77. The second kappa shape index (κ2) is 8.86. The quantitative estimate of drug-likeness (QED) is 0.439. The Bertz CT molecular complexity index is 1380. The molecule has 1 atom stereocenters. The van der Waals surface area contributed by atoms with Crippen LogP contribution < -0.4 is 4.90 Å². The second-order valence-electron chi connectivity index (χ2n) is 8.80. The molecule has 10 heteroatoms. The Morgan fingerprint density at radius 1 is 1.03 bits per heavy atom. The van der Waals surface area contributed by atoms with Gasteiger partial charge in [0, 0.05) is 67.8 Å². The van der Waals surface area contributed by atoms with E-state index >= 15 is 0 Å². The van der Waals surface area contributed by atoms with Crippen LogP contribution in [0.1, 0.15) is 16.2 Å². The molecule has 8 nitrogen and oxygen atoms in total. The van der Waals surface area contributed by atoms with Crippen molar-refractivity contribution in [1.29, 1.82) is 0 Å². The van der Waals surface area contributed by atoms with Gasteiger partial charge in [-0.3, -0.25) is 14.5 Å². The lowest BCUT2D eigenvalue weighted by Gasteiger charge is -2.37. The highest BCUT2D eigenvalue weighted by atomic mass is 32.1. The number of carbonyl (C=O) groups is 2. The molecule has 2 fully saturated rings. The number of rotatable bonds is 4. The van der Waals surface area contributed by atoms with Gasteiger partial charge >= 0.3 is 0 Å². The summed E-state index contributed by atoms with van der Waals surface area (Å²) in [6, 6.07) is 12.2. The molecule has 2 amide bonds. The van der Waals surface area contributed by atoms with Gasteiger partial charge in [-0.1, -0.05) is 0 Å². The van der Waals surface area contributed by atoms with Gasteiger partial charge in [0.25, 0.3) is 5.91 Å². The topological polar surface area (TPSA) is 74.6 Å². The molecule has 0 radical (unpaired) electrons. The van der Waals surface area contributed by atoms with Crippen molar-refractivity contribution >= 4 is 39.7 Å². The summed E-state index contributed by atoms with van der Waals surface area (Å²) >= 11 is 1.36. The van der Waals surface area contributed by atoms with Crippen LogP contribution in [-0.4, -0.2) is 75.1 Å². The molecule has 4 aromatic rings. The lowest BCUT2D eigenvalue weighted by atomic mass is 10.2. The molecule has 2 saturated heterocycles. The van der Waals surface area contributed by atoms with Crippen LogP contribution in [0.3, 0.4) is 0 Å². The molecule has 0 bridgehead atoms. The summed E-state index contributed by atoms with van der Waals surface area (Å²) in [6.07, 6.45) is 3.88. The molecule has 2 aromatic carbocycles. The van der Waals surface area contributed by atoms with E-state index in [-0.39, 0.29) is 23.7 Å². The number of hydrogen-bond acceptors (Lipinski definition) is 6. The average molecular weight is 491 g/mol. The minimum atomic E-state index is -0.290. The maximum atomic E-state index is 13.3. The zero-order valence-corrected chi connectivity index (χ0v) is 19.7. The maximum absolute atomic E-state index is 13.3. The summed E-state index contributed by atoms with van der Waals surface area (Å²) in [7, 11) is 0. The van der Waals surface area contributed by atoms with E-state index in [0.717, 1.165) is 35.4 Å². The lowest BCUT2D eigenvalue weighted by molar-refractivity contribution is -0.117. The predicted octanol–water partition coefficient (Wildman–Crippen LogP) is 3.18. The number of nitrogens with zero attached hydrogens (tertiary/aromatic N) is 6. The van der Waals surface area contributed by atoms with Crippen molar-refractivity contribution in [3.05, 3.63) is 71.1 Å². The Hall–Kier alpha value is -3.63.